The predicted molar refractivity (Wildman–Crippen MR) is 78.1 cm³/mol. The number of methoxy groups -OCH3 is 1. The number of unbranched alkanes of at least 4 members (excludes halogenated alkanes) is 1. The summed E-state index contributed by atoms with van der Waals surface area (Å²) < 4.78 is 4.58. The maximum atomic E-state index is 12.3. The number of carbonyl (C=O) groups is 2. The highest BCUT2D eigenvalue weighted by molar-refractivity contribution is 6.02. The fourth-order valence-corrected chi connectivity index (χ4v) is 2.53. The molecule has 0 radical (unpaired) electrons. The van der Waals surface area contributed by atoms with Crippen molar-refractivity contribution in [3.05, 3.63) is 29.3 Å². The van der Waals surface area contributed by atoms with Crippen LogP contribution in [0.3, 0.4) is 0 Å². The van der Waals surface area contributed by atoms with E-state index in [9.17, 15) is 9.59 Å². The zero-order valence-electron chi connectivity index (χ0n) is 11.9. The van der Waals surface area contributed by atoms with Crippen molar-refractivity contribution in [3.8, 4) is 0 Å². The van der Waals surface area contributed by atoms with Crippen molar-refractivity contribution in [2.24, 2.45) is 0 Å². The molecule has 0 aromatic heterocycles. The first kappa shape index (κ1) is 14.6. The molecule has 1 N–H and O–H groups in total. The third-order valence-electron chi connectivity index (χ3n) is 3.64. The van der Waals surface area contributed by atoms with Crippen LogP contribution in [0.25, 0.3) is 0 Å². The number of hydrogen-bond donors (Lipinski definition) is 1. The van der Waals surface area contributed by atoms with Gasteiger partial charge in [-0.2, -0.15) is 0 Å². The van der Waals surface area contributed by atoms with Gasteiger partial charge >= 0.3 is 5.97 Å². The molecule has 4 nitrogen and oxygen atoms in total. The molecule has 2 rings (SSSR count). The standard InChI is InChI=1S/C16H21NO3/c1-20-15(19)10-3-2-9-14(18)13-8-4-6-12-7-5-11-17-16(12)13/h4,6,8,17H,2-3,5,7,9-11H2,1H3. The van der Waals surface area contributed by atoms with E-state index in [0.29, 0.717) is 19.3 Å². The van der Waals surface area contributed by atoms with Crippen LogP contribution >= 0.6 is 0 Å². The number of para-hydroxylation sites is 1. The summed E-state index contributed by atoms with van der Waals surface area (Å²) in [6.45, 7) is 0.930. The Hall–Kier alpha value is -1.84. The van der Waals surface area contributed by atoms with Gasteiger partial charge in [-0.1, -0.05) is 12.1 Å². The van der Waals surface area contributed by atoms with Gasteiger partial charge in [-0.3, -0.25) is 9.59 Å². The minimum Gasteiger partial charge on any atom is -0.469 e. The molecule has 0 aliphatic carbocycles. The Morgan fingerprint density at radius 1 is 1.25 bits per heavy atom. The summed E-state index contributed by atoms with van der Waals surface area (Å²) in [6, 6.07) is 5.92. The smallest absolute Gasteiger partial charge is 0.305 e. The van der Waals surface area contributed by atoms with Crippen molar-refractivity contribution in [2.45, 2.75) is 38.5 Å². The summed E-state index contributed by atoms with van der Waals surface area (Å²) >= 11 is 0. The monoisotopic (exact) mass is 275 g/mol. The van der Waals surface area contributed by atoms with Crippen LogP contribution in [-0.2, 0) is 16.0 Å². The molecule has 1 aliphatic heterocycles. The Morgan fingerprint density at radius 2 is 2.05 bits per heavy atom. The highest BCUT2D eigenvalue weighted by atomic mass is 16.5. The molecule has 0 fully saturated rings. The van der Waals surface area contributed by atoms with E-state index >= 15 is 0 Å². The summed E-state index contributed by atoms with van der Waals surface area (Å²) in [4.78, 5) is 23.3. The number of benzene rings is 1. The van der Waals surface area contributed by atoms with E-state index in [1.807, 2.05) is 12.1 Å². The molecule has 0 spiro atoms. The molecule has 0 atom stereocenters. The van der Waals surface area contributed by atoms with E-state index in [2.05, 4.69) is 16.1 Å². The SMILES string of the molecule is COC(=O)CCCCC(=O)c1cccc2c1NCCC2. The Balaban J connectivity index is 1.91. The van der Waals surface area contributed by atoms with Gasteiger partial charge in [0.2, 0.25) is 0 Å². The van der Waals surface area contributed by atoms with Crippen LogP contribution < -0.4 is 5.32 Å². The summed E-state index contributed by atoms with van der Waals surface area (Å²) in [7, 11) is 1.38. The molecule has 0 amide bonds. The van der Waals surface area contributed by atoms with Gasteiger partial charge in [0, 0.05) is 30.6 Å². The molecule has 1 heterocycles. The number of carbonyl (C=O) groups excluding carboxylic acids is 2. The fraction of sp³-hybridized carbons (Fsp3) is 0.500. The molecule has 0 unspecified atom stereocenters. The van der Waals surface area contributed by atoms with Gasteiger partial charge in [0.05, 0.1) is 7.11 Å². The number of esters is 1. The second-order valence-electron chi connectivity index (χ2n) is 5.08. The Kier molecular flexibility index (Phi) is 5.16. The molecule has 0 bridgehead atoms. The van der Waals surface area contributed by atoms with E-state index in [0.717, 1.165) is 37.1 Å². The molecule has 0 saturated carbocycles. The topological polar surface area (TPSA) is 55.4 Å². The Morgan fingerprint density at radius 3 is 2.85 bits per heavy atom. The molecule has 1 aliphatic rings. The number of hydrogen-bond acceptors (Lipinski definition) is 4. The zero-order valence-corrected chi connectivity index (χ0v) is 11.9. The number of nitrogens with one attached hydrogen (secondary N) is 1. The van der Waals surface area contributed by atoms with Gasteiger partial charge in [-0.15, -0.1) is 0 Å². The first-order valence-electron chi connectivity index (χ1n) is 7.18. The van der Waals surface area contributed by atoms with Crippen LogP contribution in [0, 0.1) is 0 Å². The fourth-order valence-electron chi connectivity index (χ4n) is 2.53. The van der Waals surface area contributed by atoms with Crippen molar-refractivity contribution in [1.82, 2.24) is 0 Å². The van der Waals surface area contributed by atoms with Crippen molar-refractivity contribution >= 4 is 17.4 Å². The van der Waals surface area contributed by atoms with Crippen LogP contribution in [-0.4, -0.2) is 25.4 Å². The van der Waals surface area contributed by atoms with E-state index in [1.54, 1.807) is 0 Å². The summed E-state index contributed by atoms with van der Waals surface area (Å²) in [5, 5.41) is 3.33. The van der Waals surface area contributed by atoms with E-state index in [4.69, 9.17) is 0 Å². The number of aryl methyl sites for hydroxylation is 1. The lowest BCUT2D eigenvalue weighted by Gasteiger charge is -2.20. The Labute approximate surface area is 119 Å². The highest BCUT2D eigenvalue weighted by Gasteiger charge is 2.16. The number of ketones is 1. The van der Waals surface area contributed by atoms with E-state index in [1.165, 1.54) is 12.7 Å². The largest absolute Gasteiger partial charge is 0.469 e. The molecule has 20 heavy (non-hydrogen) atoms. The molecule has 1 aromatic rings. The van der Waals surface area contributed by atoms with Crippen molar-refractivity contribution < 1.29 is 14.3 Å². The number of rotatable bonds is 6. The maximum Gasteiger partial charge on any atom is 0.305 e. The maximum absolute atomic E-state index is 12.3. The third-order valence-corrected chi connectivity index (χ3v) is 3.64. The van der Waals surface area contributed by atoms with Crippen molar-refractivity contribution in [1.29, 1.82) is 0 Å². The van der Waals surface area contributed by atoms with Gasteiger partial charge < -0.3 is 10.1 Å². The van der Waals surface area contributed by atoms with Crippen LogP contribution in [0.5, 0.6) is 0 Å². The minimum absolute atomic E-state index is 0.154. The van der Waals surface area contributed by atoms with E-state index in [-0.39, 0.29) is 11.8 Å². The second-order valence-corrected chi connectivity index (χ2v) is 5.08. The van der Waals surface area contributed by atoms with Crippen LogP contribution in [0.15, 0.2) is 18.2 Å². The third kappa shape index (κ3) is 3.59. The molecule has 1 aromatic carbocycles. The summed E-state index contributed by atoms with van der Waals surface area (Å²) in [5.74, 6) is -0.0580. The number of fused-ring (bicyclic) bond motifs is 1. The first-order chi connectivity index (χ1) is 9.72. The molecule has 108 valence electrons. The molecular formula is C16H21NO3. The lowest BCUT2D eigenvalue weighted by Crippen LogP contribution is -2.15. The van der Waals surface area contributed by atoms with Gasteiger partial charge in [-0.25, -0.2) is 0 Å². The lowest BCUT2D eigenvalue weighted by molar-refractivity contribution is -0.140. The minimum atomic E-state index is -0.212. The van der Waals surface area contributed by atoms with Gasteiger partial charge in [0.15, 0.2) is 5.78 Å². The number of anilines is 1. The average molecular weight is 275 g/mol. The van der Waals surface area contributed by atoms with Crippen LogP contribution in [0.4, 0.5) is 5.69 Å². The number of Topliss-reactive ketones (excluding diaryl/α,β-unsaturated/α-hetero) is 1. The molecule has 4 heteroatoms. The zero-order chi connectivity index (χ0) is 14.4. The molecular weight excluding hydrogens is 254 g/mol. The lowest BCUT2D eigenvalue weighted by atomic mass is 9.95. The van der Waals surface area contributed by atoms with Gasteiger partial charge in [0.25, 0.3) is 0 Å². The van der Waals surface area contributed by atoms with Crippen molar-refractivity contribution in [2.75, 3.05) is 19.0 Å². The van der Waals surface area contributed by atoms with E-state index < -0.39 is 0 Å². The molecule has 0 saturated heterocycles. The quantitative estimate of drug-likeness (QED) is 0.492. The highest BCUT2D eigenvalue weighted by Crippen LogP contribution is 2.27. The summed E-state index contributed by atoms with van der Waals surface area (Å²) in [6.07, 6.45) is 4.43. The van der Waals surface area contributed by atoms with Crippen LogP contribution in [0.1, 0.15) is 48.0 Å². The second kappa shape index (κ2) is 7.08. The summed E-state index contributed by atoms with van der Waals surface area (Å²) in [5.41, 5.74) is 3.04. The van der Waals surface area contributed by atoms with Crippen LogP contribution in [0.2, 0.25) is 0 Å². The normalized spacial score (nSPS) is 13.2. The predicted octanol–water partition coefficient (Wildman–Crippen LogP) is 2.96. The number of ether oxygens (including phenoxy) is 1. The van der Waals surface area contributed by atoms with Crippen molar-refractivity contribution in [3.63, 3.8) is 0 Å². The first-order valence-corrected chi connectivity index (χ1v) is 7.18. The van der Waals surface area contributed by atoms with Gasteiger partial charge in [0.1, 0.15) is 0 Å². The van der Waals surface area contributed by atoms with Gasteiger partial charge in [-0.05, 0) is 37.3 Å². The average Bonchev–Trinajstić information content (AvgIpc) is 2.50. The Bertz CT molecular complexity index is 496.